The number of rotatable bonds is 3. The minimum Gasteiger partial charge on any atom is -0.494 e. The quantitative estimate of drug-likeness (QED) is 0.913. The van der Waals surface area contributed by atoms with Crippen molar-refractivity contribution in [3.8, 4) is 5.75 Å². The van der Waals surface area contributed by atoms with Crippen LogP contribution in [0.5, 0.6) is 5.75 Å². The second-order valence-electron chi connectivity index (χ2n) is 4.04. The van der Waals surface area contributed by atoms with Crippen LogP contribution in [-0.2, 0) is 10.0 Å². The largest absolute Gasteiger partial charge is 0.494 e. The van der Waals surface area contributed by atoms with E-state index in [4.69, 9.17) is 10.5 Å². The molecule has 0 saturated carbocycles. The molecule has 104 valence electrons. The third-order valence-electron chi connectivity index (χ3n) is 2.81. The number of nitrogens with zero attached hydrogens (tertiary/aromatic N) is 1. The van der Waals surface area contributed by atoms with Crippen molar-refractivity contribution < 1.29 is 13.2 Å². The van der Waals surface area contributed by atoms with Gasteiger partial charge >= 0.3 is 0 Å². The number of ether oxygens (including phenoxy) is 1. The molecule has 0 amide bonds. The summed E-state index contributed by atoms with van der Waals surface area (Å²) in [6.07, 6.45) is 1.70. The molecule has 2 heterocycles. The predicted octanol–water partition coefficient (Wildman–Crippen LogP) is 1.29. The van der Waals surface area contributed by atoms with Gasteiger partial charge in [0.1, 0.15) is 5.75 Å². The van der Waals surface area contributed by atoms with E-state index in [0.717, 1.165) is 12.8 Å². The standard InChI is InChI=1S/C10H16N2O3S2.ClH/c1-15-9-4-6-16-10(9)17(13,14)12-5-2-3-8(11)7-12;/h4,6,8H,2-3,5,7,11H2,1H3;1H. The highest BCUT2D eigenvalue weighted by Crippen LogP contribution is 2.32. The zero-order chi connectivity index (χ0) is 12.5. The zero-order valence-electron chi connectivity index (χ0n) is 10.0. The van der Waals surface area contributed by atoms with Gasteiger partial charge in [-0.05, 0) is 24.3 Å². The number of methoxy groups -OCH3 is 1. The Kier molecular flexibility index (Phi) is 5.42. The summed E-state index contributed by atoms with van der Waals surface area (Å²) in [6.45, 7) is 0.931. The summed E-state index contributed by atoms with van der Waals surface area (Å²) in [6, 6.07) is 1.60. The molecule has 1 unspecified atom stereocenters. The van der Waals surface area contributed by atoms with Crippen LogP contribution < -0.4 is 10.5 Å². The molecule has 2 N–H and O–H groups in total. The van der Waals surface area contributed by atoms with Gasteiger partial charge in [0.25, 0.3) is 10.0 Å². The van der Waals surface area contributed by atoms with Crippen molar-refractivity contribution >= 4 is 33.8 Å². The first-order valence-electron chi connectivity index (χ1n) is 5.43. The first kappa shape index (κ1) is 15.7. The van der Waals surface area contributed by atoms with Crippen LogP contribution in [-0.4, -0.2) is 39.0 Å². The summed E-state index contributed by atoms with van der Waals surface area (Å²) >= 11 is 1.18. The Labute approximate surface area is 117 Å². The lowest BCUT2D eigenvalue weighted by molar-refractivity contribution is 0.315. The van der Waals surface area contributed by atoms with Gasteiger partial charge in [0, 0.05) is 19.1 Å². The van der Waals surface area contributed by atoms with Crippen molar-refractivity contribution in [3.05, 3.63) is 11.4 Å². The van der Waals surface area contributed by atoms with E-state index >= 15 is 0 Å². The average Bonchev–Trinajstić information content (AvgIpc) is 2.77. The smallest absolute Gasteiger partial charge is 0.256 e. The van der Waals surface area contributed by atoms with Gasteiger partial charge in [0.15, 0.2) is 4.21 Å². The maximum Gasteiger partial charge on any atom is 0.256 e. The number of nitrogens with two attached hydrogens (primary N) is 1. The molecule has 5 nitrogen and oxygen atoms in total. The first-order valence-corrected chi connectivity index (χ1v) is 7.75. The number of sulfonamides is 1. The summed E-state index contributed by atoms with van der Waals surface area (Å²) in [5.41, 5.74) is 5.81. The van der Waals surface area contributed by atoms with Gasteiger partial charge in [0.2, 0.25) is 0 Å². The van der Waals surface area contributed by atoms with Gasteiger partial charge < -0.3 is 10.5 Å². The predicted molar refractivity (Wildman–Crippen MR) is 74.1 cm³/mol. The van der Waals surface area contributed by atoms with E-state index in [-0.39, 0.29) is 22.7 Å². The summed E-state index contributed by atoms with van der Waals surface area (Å²) in [5, 5.41) is 1.72. The molecule has 18 heavy (non-hydrogen) atoms. The monoisotopic (exact) mass is 312 g/mol. The Morgan fingerprint density at radius 1 is 1.56 bits per heavy atom. The highest BCUT2D eigenvalue weighted by molar-refractivity contribution is 7.91. The topological polar surface area (TPSA) is 72.6 Å². The minimum absolute atomic E-state index is 0. The van der Waals surface area contributed by atoms with E-state index in [1.807, 2.05) is 0 Å². The molecular weight excluding hydrogens is 296 g/mol. The van der Waals surface area contributed by atoms with E-state index in [2.05, 4.69) is 0 Å². The summed E-state index contributed by atoms with van der Waals surface area (Å²) < 4.78 is 31.5. The highest BCUT2D eigenvalue weighted by atomic mass is 35.5. The van der Waals surface area contributed by atoms with Crippen molar-refractivity contribution in [1.29, 1.82) is 0 Å². The molecular formula is C10H17ClN2O3S2. The third kappa shape index (κ3) is 2.97. The van der Waals surface area contributed by atoms with E-state index in [9.17, 15) is 8.42 Å². The van der Waals surface area contributed by atoms with Crippen LogP contribution in [0.2, 0.25) is 0 Å². The van der Waals surface area contributed by atoms with Crippen LogP contribution in [0, 0.1) is 0 Å². The number of thiophene rings is 1. The fraction of sp³-hybridized carbons (Fsp3) is 0.600. The number of hydrogen-bond donors (Lipinski definition) is 1. The van der Waals surface area contributed by atoms with Crippen LogP contribution in [0.25, 0.3) is 0 Å². The molecule has 0 bridgehead atoms. The van der Waals surface area contributed by atoms with E-state index < -0.39 is 10.0 Å². The maximum atomic E-state index is 12.4. The Morgan fingerprint density at radius 3 is 2.89 bits per heavy atom. The van der Waals surface area contributed by atoms with E-state index in [1.54, 1.807) is 11.4 Å². The van der Waals surface area contributed by atoms with Crippen molar-refractivity contribution in [2.45, 2.75) is 23.1 Å². The van der Waals surface area contributed by atoms with E-state index in [0.29, 0.717) is 18.8 Å². The fourth-order valence-electron chi connectivity index (χ4n) is 1.93. The van der Waals surface area contributed by atoms with Gasteiger partial charge in [-0.15, -0.1) is 23.7 Å². The average molecular weight is 313 g/mol. The summed E-state index contributed by atoms with van der Waals surface area (Å²) in [4.78, 5) is 0. The van der Waals surface area contributed by atoms with Gasteiger partial charge in [-0.3, -0.25) is 0 Å². The molecule has 1 aliphatic rings. The highest BCUT2D eigenvalue weighted by Gasteiger charge is 2.32. The van der Waals surface area contributed by atoms with Crippen molar-refractivity contribution in [3.63, 3.8) is 0 Å². The molecule has 1 saturated heterocycles. The Balaban J connectivity index is 0.00000162. The molecule has 0 aliphatic carbocycles. The van der Waals surface area contributed by atoms with Crippen molar-refractivity contribution in [2.24, 2.45) is 5.73 Å². The second-order valence-corrected chi connectivity index (χ2v) is 7.09. The molecule has 0 aromatic carbocycles. The molecule has 0 spiro atoms. The molecule has 1 aromatic rings. The number of hydrogen-bond acceptors (Lipinski definition) is 5. The number of piperidine rings is 1. The van der Waals surface area contributed by atoms with Gasteiger partial charge in [-0.25, -0.2) is 8.42 Å². The first-order chi connectivity index (χ1) is 8.05. The molecule has 2 rings (SSSR count). The normalized spacial score (nSPS) is 21.3. The van der Waals surface area contributed by atoms with Gasteiger partial charge in [-0.1, -0.05) is 0 Å². The van der Waals surface area contributed by atoms with Crippen LogP contribution in [0.1, 0.15) is 12.8 Å². The molecule has 1 fully saturated rings. The molecule has 1 atom stereocenters. The minimum atomic E-state index is -3.45. The van der Waals surface area contributed by atoms with Crippen molar-refractivity contribution in [1.82, 2.24) is 4.31 Å². The number of halogens is 1. The molecule has 8 heteroatoms. The van der Waals surface area contributed by atoms with Crippen LogP contribution in [0.15, 0.2) is 15.7 Å². The lowest BCUT2D eigenvalue weighted by Crippen LogP contribution is -2.45. The van der Waals surface area contributed by atoms with E-state index in [1.165, 1.54) is 22.8 Å². The summed E-state index contributed by atoms with van der Waals surface area (Å²) in [7, 11) is -1.97. The van der Waals surface area contributed by atoms with Crippen molar-refractivity contribution in [2.75, 3.05) is 20.2 Å². The lowest BCUT2D eigenvalue weighted by Gasteiger charge is -2.29. The molecule has 1 aromatic heterocycles. The zero-order valence-corrected chi connectivity index (χ0v) is 12.5. The van der Waals surface area contributed by atoms with Gasteiger partial charge in [0.05, 0.1) is 7.11 Å². The van der Waals surface area contributed by atoms with Gasteiger partial charge in [-0.2, -0.15) is 4.31 Å². The molecule has 1 aliphatic heterocycles. The molecule has 0 radical (unpaired) electrons. The summed E-state index contributed by atoms with van der Waals surface area (Å²) in [5.74, 6) is 0.411. The Bertz CT molecular complexity index is 489. The Morgan fingerprint density at radius 2 is 2.28 bits per heavy atom. The fourth-order valence-corrected chi connectivity index (χ4v) is 4.88. The third-order valence-corrected chi connectivity index (χ3v) is 6.10. The lowest BCUT2D eigenvalue weighted by atomic mass is 10.1. The van der Waals surface area contributed by atoms with Crippen LogP contribution >= 0.6 is 23.7 Å². The van der Waals surface area contributed by atoms with Crippen LogP contribution in [0.4, 0.5) is 0 Å². The maximum absolute atomic E-state index is 12.4. The SMILES string of the molecule is COc1ccsc1S(=O)(=O)N1CCCC(N)C1.Cl. The second kappa shape index (κ2) is 6.21. The van der Waals surface area contributed by atoms with Crippen LogP contribution in [0.3, 0.4) is 0 Å². The Hall–Kier alpha value is -0.340.